The lowest BCUT2D eigenvalue weighted by atomic mass is 10.1. The smallest absolute Gasteiger partial charge is 0.258 e. The molecular weight excluding hydrogens is 264 g/mol. The maximum atomic E-state index is 12.2. The summed E-state index contributed by atoms with van der Waals surface area (Å²) in [6.45, 7) is 7.90. The van der Waals surface area contributed by atoms with Crippen LogP contribution in [0.4, 0.5) is 0 Å². The minimum absolute atomic E-state index is 0.0423. The lowest BCUT2D eigenvalue weighted by Gasteiger charge is -2.26. The van der Waals surface area contributed by atoms with Crippen LogP contribution in [0.1, 0.15) is 24.7 Å². The molecule has 1 aliphatic rings. The Labute approximate surface area is 124 Å². The summed E-state index contributed by atoms with van der Waals surface area (Å²) in [6, 6.07) is 6.26. The summed E-state index contributed by atoms with van der Waals surface area (Å²) in [5.41, 5.74) is 1.82. The summed E-state index contributed by atoms with van der Waals surface area (Å²) in [4.78, 5) is 22.2. The van der Waals surface area contributed by atoms with Gasteiger partial charge in [0, 0.05) is 12.6 Å². The molecular formula is C16H22N4O. The normalized spacial score (nSPS) is 18.7. The van der Waals surface area contributed by atoms with Crippen molar-refractivity contribution in [2.45, 2.75) is 32.9 Å². The number of para-hydroxylation sites is 1. The highest BCUT2D eigenvalue weighted by atomic mass is 16.1. The number of benzene rings is 1. The standard InChI is InChI=1S/C16H22N4O/c1-3-20(12-7-8-17-9-12)10-14-18-15-11(2)5-4-6-13(15)16(21)19-14/h4-6,12,17H,3,7-10H2,1-2H3,(H,18,19,21). The summed E-state index contributed by atoms with van der Waals surface area (Å²) < 4.78 is 0. The van der Waals surface area contributed by atoms with Gasteiger partial charge in [0.15, 0.2) is 0 Å². The van der Waals surface area contributed by atoms with Crippen LogP contribution in [0.25, 0.3) is 10.9 Å². The van der Waals surface area contributed by atoms with Crippen LogP contribution in [0.5, 0.6) is 0 Å². The third kappa shape index (κ3) is 2.84. The Bertz CT molecular complexity index is 688. The Balaban J connectivity index is 1.93. The number of aryl methyl sites for hydroxylation is 1. The van der Waals surface area contributed by atoms with Crippen molar-refractivity contribution in [1.82, 2.24) is 20.2 Å². The first-order valence-electron chi connectivity index (χ1n) is 7.62. The summed E-state index contributed by atoms with van der Waals surface area (Å²) in [5.74, 6) is 0.760. The van der Waals surface area contributed by atoms with E-state index < -0.39 is 0 Å². The van der Waals surface area contributed by atoms with E-state index >= 15 is 0 Å². The van der Waals surface area contributed by atoms with Gasteiger partial charge in [-0.2, -0.15) is 0 Å². The molecule has 1 aliphatic heterocycles. The van der Waals surface area contributed by atoms with Crippen molar-refractivity contribution in [3.8, 4) is 0 Å². The van der Waals surface area contributed by atoms with E-state index in [1.54, 1.807) is 0 Å². The molecule has 0 bridgehead atoms. The molecule has 2 heterocycles. The molecule has 1 saturated heterocycles. The lowest BCUT2D eigenvalue weighted by Crippen LogP contribution is -2.37. The van der Waals surface area contributed by atoms with Crippen LogP contribution in [0.2, 0.25) is 0 Å². The Hall–Kier alpha value is -1.72. The summed E-state index contributed by atoms with van der Waals surface area (Å²) in [7, 11) is 0. The Morgan fingerprint density at radius 1 is 1.43 bits per heavy atom. The van der Waals surface area contributed by atoms with Gasteiger partial charge in [0.25, 0.3) is 5.56 Å². The number of nitrogens with zero attached hydrogens (tertiary/aromatic N) is 2. The number of hydrogen-bond acceptors (Lipinski definition) is 4. The third-order valence-corrected chi connectivity index (χ3v) is 4.30. The molecule has 0 saturated carbocycles. The zero-order chi connectivity index (χ0) is 14.8. The molecule has 5 heteroatoms. The minimum atomic E-state index is -0.0423. The number of aromatic nitrogens is 2. The molecule has 2 aromatic rings. The van der Waals surface area contributed by atoms with E-state index in [2.05, 4.69) is 27.1 Å². The first kappa shape index (κ1) is 14.2. The quantitative estimate of drug-likeness (QED) is 0.892. The van der Waals surface area contributed by atoms with Gasteiger partial charge in [-0.25, -0.2) is 4.98 Å². The second-order valence-electron chi connectivity index (χ2n) is 5.69. The third-order valence-electron chi connectivity index (χ3n) is 4.30. The summed E-state index contributed by atoms with van der Waals surface area (Å²) >= 11 is 0. The van der Waals surface area contributed by atoms with E-state index in [0.29, 0.717) is 18.0 Å². The van der Waals surface area contributed by atoms with E-state index in [1.807, 2.05) is 25.1 Å². The zero-order valence-electron chi connectivity index (χ0n) is 12.6. The van der Waals surface area contributed by atoms with E-state index in [4.69, 9.17) is 0 Å². The van der Waals surface area contributed by atoms with Gasteiger partial charge in [0.05, 0.1) is 17.4 Å². The molecule has 1 atom stereocenters. The predicted molar refractivity (Wildman–Crippen MR) is 84.5 cm³/mol. The average molecular weight is 286 g/mol. The van der Waals surface area contributed by atoms with Crippen molar-refractivity contribution >= 4 is 10.9 Å². The molecule has 0 spiro atoms. The molecule has 1 aromatic carbocycles. The summed E-state index contributed by atoms with van der Waals surface area (Å²) in [6.07, 6.45) is 1.16. The van der Waals surface area contributed by atoms with Gasteiger partial charge >= 0.3 is 0 Å². The zero-order valence-corrected chi connectivity index (χ0v) is 12.6. The highest BCUT2D eigenvalue weighted by Crippen LogP contribution is 2.14. The Morgan fingerprint density at radius 2 is 2.29 bits per heavy atom. The van der Waals surface area contributed by atoms with Gasteiger partial charge in [-0.1, -0.05) is 19.1 Å². The van der Waals surface area contributed by atoms with E-state index in [9.17, 15) is 4.79 Å². The second kappa shape index (κ2) is 5.95. The van der Waals surface area contributed by atoms with Gasteiger partial charge in [0.2, 0.25) is 0 Å². The van der Waals surface area contributed by atoms with Crippen LogP contribution in [0.3, 0.4) is 0 Å². The monoisotopic (exact) mass is 286 g/mol. The highest BCUT2D eigenvalue weighted by Gasteiger charge is 2.21. The van der Waals surface area contributed by atoms with Crippen LogP contribution in [-0.4, -0.2) is 40.5 Å². The number of fused-ring (bicyclic) bond motifs is 1. The first-order valence-corrected chi connectivity index (χ1v) is 7.62. The van der Waals surface area contributed by atoms with Crippen molar-refractivity contribution in [2.75, 3.05) is 19.6 Å². The molecule has 112 valence electrons. The van der Waals surface area contributed by atoms with Gasteiger partial charge in [-0.05, 0) is 38.1 Å². The molecule has 1 fully saturated rings. The molecule has 2 N–H and O–H groups in total. The Morgan fingerprint density at radius 3 is 3.00 bits per heavy atom. The number of aromatic amines is 1. The second-order valence-corrected chi connectivity index (χ2v) is 5.69. The number of nitrogens with one attached hydrogen (secondary N) is 2. The molecule has 0 amide bonds. The fraction of sp³-hybridized carbons (Fsp3) is 0.500. The van der Waals surface area contributed by atoms with Crippen LogP contribution in [0.15, 0.2) is 23.0 Å². The fourth-order valence-corrected chi connectivity index (χ4v) is 3.07. The maximum Gasteiger partial charge on any atom is 0.258 e. The Kier molecular flexibility index (Phi) is 4.03. The predicted octanol–water partition coefficient (Wildman–Crippen LogP) is 1.42. The molecule has 0 radical (unpaired) electrons. The topological polar surface area (TPSA) is 61.0 Å². The van der Waals surface area contributed by atoms with Crippen LogP contribution in [-0.2, 0) is 6.54 Å². The number of likely N-dealkylation sites (N-methyl/N-ethyl adjacent to an activating group) is 1. The molecule has 21 heavy (non-hydrogen) atoms. The van der Waals surface area contributed by atoms with Crippen LogP contribution < -0.4 is 10.9 Å². The van der Waals surface area contributed by atoms with Gasteiger partial charge in [-0.15, -0.1) is 0 Å². The fourth-order valence-electron chi connectivity index (χ4n) is 3.07. The van der Waals surface area contributed by atoms with Crippen molar-refractivity contribution in [3.05, 3.63) is 39.9 Å². The molecule has 1 unspecified atom stereocenters. The van der Waals surface area contributed by atoms with Crippen molar-refractivity contribution in [1.29, 1.82) is 0 Å². The number of rotatable bonds is 4. The minimum Gasteiger partial charge on any atom is -0.315 e. The van der Waals surface area contributed by atoms with Crippen molar-refractivity contribution < 1.29 is 0 Å². The van der Waals surface area contributed by atoms with E-state index in [0.717, 1.165) is 43.0 Å². The van der Waals surface area contributed by atoms with E-state index in [-0.39, 0.29) is 5.56 Å². The van der Waals surface area contributed by atoms with E-state index in [1.165, 1.54) is 0 Å². The van der Waals surface area contributed by atoms with Gasteiger partial charge in [-0.3, -0.25) is 9.69 Å². The van der Waals surface area contributed by atoms with Crippen molar-refractivity contribution in [2.24, 2.45) is 0 Å². The molecule has 0 aliphatic carbocycles. The average Bonchev–Trinajstić information content (AvgIpc) is 3.00. The summed E-state index contributed by atoms with van der Waals surface area (Å²) in [5, 5.41) is 4.06. The molecule has 5 nitrogen and oxygen atoms in total. The maximum absolute atomic E-state index is 12.2. The van der Waals surface area contributed by atoms with Crippen LogP contribution >= 0.6 is 0 Å². The largest absolute Gasteiger partial charge is 0.315 e. The number of hydrogen-bond donors (Lipinski definition) is 2. The number of H-pyrrole nitrogens is 1. The lowest BCUT2D eigenvalue weighted by molar-refractivity contribution is 0.205. The highest BCUT2D eigenvalue weighted by molar-refractivity contribution is 5.80. The molecule has 1 aromatic heterocycles. The molecule has 3 rings (SSSR count). The van der Waals surface area contributed by atoms with Gasteiger partial charge < -0.3 is 10.3 Å². The van der Waals surface area contributed by atoms with Crippen LogP contribution in [0, 0.1) is 6.92 Å². The SMILES string of the molecule is CCN(Cc1nc2c(C)cccc2c(=O)[nH]1)C1CCNC1. The van der Waals surface area contributed by atoms with Crippen molar-refractivity contribution in [3.63, 3.8) is 0 Å². The van der Waals surface area contributed by atoms with Gasteiger partial charge in [0.1, 0.15) is 5.82 Å². The first-order chi connectivity index (χ1) is 10.2.